The molecule has 7 heteroatoms. The number of oxime groups is 2. The second-order valence-electron chi connectivity index (χ2n) is 6.10. The molecular formula is C19H23N5O2. The number of nitrogens with zero attached hydrogens (tertiary/aromatic N) is 5. The van der Waals surface area contributed by atoms with Crippen LogP contribution < -0.4 is 0 Å². The Balaban J connectivity index is 1.51. The Labute approximate surface area is 153 Å². The number of rotatable bonds is 7. The molecule has 2 aromatic heterocycles. The second kappa shape index (κ2) is 9.03. The Hall–Kier alpha value is -2.83. The van der Waals surface area contributed by atoms with E-state index in [1.807, 2.05) is 31.3 Å². The summed E-state index contributed by atoms with van der Waals surface area (Å²) in [6, 6.07) is 5.90. The van der Waals surface area contributed by atoms with Gasteiger partial charge in [-0.15, -0.1) is 0 Å². The van der Waals surface area contributed by atoms with Crippen molar-refractivity contribution in [3.63, 3.8) is 0 Å². The van der Waals surface area contributed by atoms with Gasteiger partial charge in [-0.2, -0.15) is 0 Å². The third-order valence-electron chi connectivity index (χ3n) is 4.17. The molecule has 0 aliphatic heterocycles. The van der Waals surface area contributed by atoms with E-state index in [-0.39, 0.29) is 0 Å². The van der Waals surface area contributed by atoms with Crippen molar-refractivity contribution >= 4 is 11.4 Å². The summed E-state index contributed by atoms with van der Waals surface area (Å²) in [4.78, 5) is 23.3. The smallest absolute Gasteiger partial charge is 0.117 e. The largest absolute Gasteiger partial charge is 0.399 e. The first kappa shape index (κ1) is 18.0. The molecule has 0 N–H and O–H groups in total. The first-order chi connectivity index (χ1) is 12.8. The van der Waals surface area contributed by atoms with Gasteiger partial charge in [0.15, 0.2) is 0 Å². The van der Waals surface area contributed by atoms with Crippen LogP contribution in [-0.2, 0) is 22.5 Å². The predicted molar refractivity (Wildman–Crippen MR) is 99.2 cm³/mol. The molecule has 0 unspecified atom stereocenters. The summed E-state index contributed by atoms with van der Waals surface area (Å²) in [6.45, 7) is 2.42. The van der Waals surface area contributed by atoms with E-state index >= 15 is 0 Å². The summed E-state index contributed by atoms with van der Waals surface area (Å²) in [7, 11) is 1.53. The number of hydrogen-bond donors (Lipinski definition) is 0. The summed E-state index contributed by atoms with van der Waals surface area (Å²) < 4.78 is 0. The van der Waals surface area contributed by atoms with Gasteiger partial charge in [-0.1, -0.05) is 16.4 Å². The number of aromatic nitrogens is 3. The lowest BCUT2D eigenvalue weighted by Crippen LogP contribution is -2.15. The van der Waals surface area contributed by atoms with Crippen LogP contribution in [0, 0.1) is 0 Å². The van der Waals surface area contributed by atoms with Gasteiger partial charge >= 0.3 is 0 Å². The van der Waals surface area contributed by atoms with Gasteiger partial charge in [0.2, 0.25) is 0 Å². The van der Waals surface area contributed by atoms with Crippen molar-refractivity contribution in [2.75, 3.05) is 13.7 Å². The highest BCUT2D eigenvalue weighted by molar-refractivity contribution is 6.00. The molecule has 0 spiro atoms. The monoisotopic (exact) mass is 353 g/mol. The number of aryl methyl sites for hydroxylation is 2. The molecule has 0 saturated heterocycles. The fraction of sp³-hybridized carbons (Fsp3) is 0.421. The number of fused-ring (bicyclic) bond motifs is 1. The van der Waals surface area contributed by atoms with Gasteiger partial charge in [-0.05, 0) is 56.7 Å². The maximum atomic E-state index is 5.52. The topological polar surface area (TPSA) is 81.9 Å². The first-order valence-electron chi connectivity index (χ1n) is 8.80. The lowest BCUT2D eigenvalue weighted by Gasteiger charge is -2.15. The van der Waals surface area contributed by atoms with E-state index < -0.39 is 0 Å². The Morgan fingerprint density at radius 2 is 2.19 bits per heavy atom. The van der Waals surface area contributed by atoms with Crippen LogP contribution in [0.15, 0.2) is 41.0 Å². The second-order valence-corrected chi connectivity index (χ2v) is 6.10. The van der Waals surface area contributed by atoms with Crippen molar-refractivity contribution in [3.05, 3.63) is 53.4 Å². The Morgan fingerprint density at radius 3 is 3.08 bits per heavy atom. The van der Waals surface area contributed by atoms with Crippen LogP contribution in [0.5, 0.6) is 0 Å². The molecule has 7 nitrogen and oxygen atoms in total. The first-order valence-corrected chi connectivity index (χ1v) is 8.80. The third kappa shape index (κ3) is 4.62. The van der Waals surface area contributed by atoms with E-state index in [0.29, 0.717) is 6.61 Å². The molecule has 0 fully saturated rings. The van der Waals surface area contributed by atoms with Crippen LogP contribution in [0.4, 0.5) is 0 Å². The minimum Gasteiger partial charge on any atom is -0.399 e. The highest BCUT2D eigenvalue weighted by Crippen LogP contribution is 2.18. The van der Waals surface area contributed by atoms with E-state index in [4.69, 9.17) is 9.68 Å². The predicted octanol–water partition coefficient (Wildman–Crippen LogP) is 2.93. The lowest BCUT2D eigenvalue weighted by molar-refractivity contribution is 0.141. The van der Waals surface area contributed by atoms with Crippen molar-refractivity contribution in [2.24, 2.45) is 10.3 Å². The summed E-state index contributed by atoms with van der Waals surface area (Å²) in [5, 5.41) is 8.21. The van der Waals surface area contributed by atoms with E-state index in [2.05, 4.69) is 25.3 Å². The zero-order valence-corrected chi connectivity index (χ0v) is 15.2. The quantitative estimate of drug-likeness (QED) is 0.434. The van der Waals surface area contributed by atoms with Gasteiger partial charge in [-0.25, -0.2) is 9.97 Å². The molecule has 0 radical (unpaired) electrons. The summed E-state index contributed by atoms with van der Waals surface area (Å²) >= 11 is 0. The average molecular weight is 353 g/mol. The van der Waals surface area contributed by atoms with E-state index in [1.54, 1.807) is 6.33 Å². The molecule has 0 bridgehead atoms. The Morgan fingerprint density at radius 1 is 1.27 bits per heavy atom. The fourth-order valence-electron chi connectivity index (χ4n) is 2.90. The van der Waals surface area contributed by atoms with Crippen molar-refractivity contribution < 1.29 is 9.68 Å². The fourth-order valence-corrected chi connectivity index (χ4v) is 2.90. The van der Waals surface area contributed by atoms with Crippen LogP contribution in [0.25, 0.3) is 0 Å². The summed E-state index contributed by atoms with van der Waals surface area (Å²) in [5.74, 6) is 0. The maximum absolute atomic E-state index is 5.52. The van der Waals surface area contributed by atoms with Crippen molar-refractivity contribution in [2.45, 2.75) is 39.0 Å². The Bertz CT molecular complexity index is 804. The average Bonchev–Trinajstić information content (AvgIpc) is 2.68. The van der Waals surface area contributed by atoms with Crippen LogP contribution in [0.2, 0.25) is 0 Å². The third-order valence-corrected chi connectivity index (χ3v) is 4.17. The molecule has 2 aromatic rings. The summed E-state index contributed by atoms with van der Waals surface area (Å²) in [6.07, 6.45) is 8.04. The normalized spacial score (nSPS) is 15.6. The molecule has 1 aliphatic rings. The molecule has 0 atom stereocenters. The standard InChI is InChI=1S/C19H23N5O2/c1-14(23-25-2)17-9-4-7-16(22-17)8-5-11-26-24-18-10-3-6-15-12-20-13-21-19(15)18/h4,7,9,12-13H,3,5-6,8,10-11H2,1-2H3/b23-14+,24-18+. The molecule has 3 rings (SSSR count). The molecule has 0 amide bonds. The van der Waals surface area contributed by atoms with Crippen LogP contribution in [0.3, 0.4) is 0 Å². The molecular weight excluding hydrogens is 330 g/mol. The van der Waals surface area contributed by atoms with Gasteiger partial charge in [0, 0.05) is 11.9 Å². The number of pyridine rings is 1. The maximum Gasteiger partial charge on any atom is 0.117 e. The van der Waals surface area contributed by atoms with E-state index in [1.165, 1.54) is 7.11 Å². The zero-order valence-electron chi connectivity index (χ0n) is 15.2. The SMILES string of the molecule is CO/N=C(\C)c1cccc(CCCO/N=C2\CCCc3cncnc32)n1. The lowest BCUT2D eigenvalue weighted by atomic mass is 9.96. The van der Waals surface area contributed by atoms with Gasteiger partial charge in [0.05, 0.1) is 11.4 Å². The molecule has 0 aromatic carbocycles. The van der Waals surface area contributed by atoms with Crippen LogP contribution in [0.1, 0.15) is 48.8 Å². The highest BCUT2D eigenvalue weighted by atomic mass is 16.6. The Kier molecular flexibility index (Phi) is 6.24. The van der Waals surface area contributed by atoms with E-state index in [0.717, 1.165) is 66.2 Å². The van der Waals surface area contributed by atoms with Crippen molar-refractivity contribution in [1.29, 1.82) is 0 Å². The van der Waals surface area contributed by atoms with E-state index in [9.17, 15) is 0 Å². The van der Waals surface area contributed by atoms with Gasteiger partial charge in [-0.3, -0.25) is 4.98 Å². The minimum absolute atomic E-state index is 0.543. The minimum atomic E-state index is 0.543. The molecule has 2 heterocycles. The van der Waals surface area contributed by atoms with Crippen molar-refractivity contribution in [1.82, 2.24) is 15.0 Å². The van der Waals surface area contributed by atoms with Gasteiger partial charge in [0.1, 0.15) is 31.5 Å². The zero-order chi connectivity index (χ0) is 18.2. The van der Waals surface area contributed by atoms with Gasteiger partial charge < -0.3 is 9.68 Å². The molecule has 26 heavy (non-hydrogen) atoms. The summed E-state index contributed by atoms with van der Waals surface area (Å²) in [5.41, 5.74) is 5.57. The van der Waals surface area contributed by atoms with Crippen LogP contribution >= 0.6 is 0 Å². The molecule has 0 saturated carbocycles. The molecule has 1 aliphatic carbocycles. The molecule has 136 valence electrons. The van der Waals surface area contributed by atoms with Crippen LogP contribution in [-0.4, -0.2) is 40.1 Å². The van der Waals surface area contributed by atoms with Crippen molar-refractivity contribution in [3.8, 4) is 0 Å². The highest BCUT2D eigenvalue weighted by Gasteiger charge is 2.17. The number of hydrogen-bond acceptors (Lipinski definition) is 7. The van der Waals surface area contributed by atoms with Gasteiger partial charge in [0.25, 0.3) is 0 Å².